The molecule has 5 heteroatoms. The molecule has 0 bridgehead atoms. The zero-order valence-corrected chi connectivity index (χ0v) is 12.4. The van der Waals surface area contributed by atoms with E-state index in [1.807, 2.05) is 14.0 Å². The van der Waals surface area contributed by atoms with Gasteiger partial charge in [0.15, 0.2) is 9.84 Å². The summed E-state index contributed by atoms with van der Waals surface area (Å²) in [7, 11) is -1.22. The maximum Gasteiger partial charge on any atom is 0.160 e. The van der Waals surface area contributed by atoms with Crippen molar-refractivity contribution in [3.05, 3.63) is 0 Å². The molecule has 0 aromatic rings. The quantitative estimate of drug-likeness (QED) is 0.845. The summed E-state index contributed by atoms with van der Waals surface area (Å²) in [6.07, 6.45) is 3.38. The molecule has 1 saturated heterocycles. The Bertz CT molecular complexity index is 382. The molecular weight excluding hydrogens is 250 g/mol. The van der Waals surface area contributed by atoms with Gasteiger partial charge in [0.25, 0.3) is 0 Å². The summed E-state index contributed by atoms with van der Waals surface area (Å²) in [5.41, 5.74) is 0. The largest absolute Gasteiger partial charge is 0.377 e. The first-order chi connectivity index (χ1) is 8.46. The van der Waals surface area contributed by atoms with E-state index in [9.17, 15) is 8.42 Å². The van der Waals surface area contributed by atoms with E-state index >= 15 is 0 Å². The monoisotopic (exact) mass is 275 g/mol. The third kappa shape index (κ3) is 2.58. The number of hydrogen-bond acceptors (Lipinski definition) is 4. The Morgan fingerprint density at radius 2 is 1.83 bits per heavy atom. The summed E-state index contributed by atoms with van der Waals surface area (Å²) in [5.74, 6) is 0.506. The minimum Gasteiger partial charge on any atom is -0.377 e. The third-order valence-corrected chi connectivity index (χ3v) is 7.40. The zero-order valence-electron chi connectivity index (χ0n) is 11.6. The molecule has 0 aromatic heterocycles. The van der Waals surface area contributed by atoms with Gasteiger partial charge in [0.1, 0.15) is 0 Å². The van der Waals surface area contributed by atoms with Crippen LogP contribution in [0.5, 0.6) is 0 Å². The molecule has 5 unspecified atom stereocenters. The van der Waals surface area contributed by atoms with Crippen molar-refractivity contribution in [1.29, 1.82) is 0 Å². The molecule has 18 heavy (non-hydrogen) atoms. The average Bonchev–Trinajstić information content (AvgIpc) is 2.76. The van der Waals surface area contributed by atoms with Crippen molar-refractivity contribution in [3.63, 3.8) is 0 Å². The second kappa shape index (κ2) is 5.47. The maximum absolute atomic E-state index is 12.8. The zero-order chi connectivity index (χ0) is 13.3. The van der Waals surface area contributed by atoms with Gasteiger partial charge in [0.2, 0.25) is 0 Å². The van der Waals surface area contributed by atoms with Gasteiger partial charge in [-0.15, -0.1) is 0 Å². The molecule has 4 nitrogen and oxygen atoms in total. The van der Waals surface area contributed by atoms with Crippen molar-refractivity contribution in [3.8, 4) is 0 Å². The van der Waals surface area contributed by atoms with Crippen LogP contribution in [0.4, 0.5) is 0 Å². The van der Waals surface area contributed by atoms with Crippen molar-refractivity contribution in [2.45, 2.75) is 62.2 Å². The number of sulfone groups is 1. The molecule has 106 valence electrons. The van der Waals surface area contributed by atoms with E-state index in [1.165, 1.54) is 0 Å². The highest BCUT2D eigenvalue weighted by Crippen LogP contribution is 2.34. The van der Waals surface area contributed by atoms with Crippen molar-refractivity contribution in [2.24, 2.45) is 5.92 Å². The fourth-order valence-electron chi connectivity index (χ4n) is 3.39. The highest BCUT2D eigenvalue weighted by atomic mass is 32.2. The molecule has 2 rings (SSSR count). The molecule has 0 amide bonds. The Hall–Kier alpha value is -0.130. The minimum absolute atomic E-state index is 0.110. The van der Waals surface area contributed by atoms with Crippen LogP contribution in [0.2, 0.25) is 0 Å². The number of hydrogen-bond donors (Lipinski definition) is 1. The van der Waals surface area contributed by atoms with Gasteiger partial charge in [0.05, 0.1) is 16.6 Å². The molecule has 1 aliphatic heterocycles. The third-order valence-electron chi connectivity index (χ3n) is 4.58. The van der Waals surface area contributed by atoms with E-state index < -0.39 is 9.84 Å². The highest BCUT2D eigenvalue weighted by Gasteiger charge is 2.45. The predicted octanol–water partition coefficient (Wildman–Crippen LogP) is 1.36. The smallest absolute Gasteiger partial charge is 0.160 e. The first-order valence-electron chi connectivity index (χ1n) is 6.98. The van der Waals surface area contributed by atoms with Crippen LogP contribution in [0.25, 0.3) is 0 Å². The molecule has 2 aliphatic rings. The molecule has 1 N–H and O–H groups in total. The number of nitrogens with one attached hydrogen (secondary N) is 1. The average molecular weight is 275 g/mol. The summed E-state index contributed by atoms with van der Waals surface area (Å²) in [4.78, 5) is 0. The van der Waals surface area contributed by atoms with Crippen LogP contribution in [0.1, 0.15) is 39.5 Å². The summed E-state index contributed by atoms with van der Waals surface area (Å²) in [6, 6.07) is 0.110. The molecule has 5 atom stereocenters. The lowest BCUT2D eigenvalue weighted by Gasteiger charge is -2.36. The first kappa shape index (κ1) is 14.3. The highest BCUT2D eigenvalue weighted by molar-refractivity contribution is 7.92. The summed E-state index contributed by atoms with van der Waals surface area (Å²) < 4.78 is 31.0. The van der Waals surface area contributed by atoms with E-state index in [2.05, 4.69) is 12.2 Å². The van der Waals surface area contributed by atoms with Crippen LogP contribution in [0.3, 0.4) is 0 Å². The Kier molecular flexibility index (Phi) is 4.34. The standard InChI is InChI=1S/C13H25NO3S/c1-9-4-5-11(14-3)13(8-9)18(15,16)12-6-7-17-10(12)2/h9-14H,4-8H2,1-3H3. The predicted molar refractivity (Wildman–Crippen MR) is 72.4 cm³/mol. The van der Waals surface area contributed by atoms with Gasteiger partial charge in [-0.2, -0.15) is 0 Å². The molecule has 0 radical (unpaired) electrons. The van der Waals surface area contributed by atoms with E-state index in [1.54, 1.807) is 0 Å². The molecule has 1 aliphatic carbocycles. The van der Waals surface area contributed by atoms with Crippen LogP contribution in [-0.4, -0.2) is 44.7 Å². The van der Waals surface area contributed by atoms with Crippen molar-refractivity contribution in [2.75, 3.05) is 13.7 Å². The Morgan fingerprint density at radius 1 is 1.11 bits per heavy atom. The second-order valence-corrected chi connectivity index (χ2v) is 8.23. The number of ether oxygens (including phenoxy) is 1. The SMILES string of the molecule is CNC1CCC(C)CC1S(=O)(=O)C1CCOC1C. The molecular formula is C13H25NO3S. The van der Waals surface area contributed by atoms with Crippen molar-refractivity contribution < 1.29 is 13.2 Å². The van der Waals surface area contributed by atoms with Gasteiger partial charge in [-0.1, -0.05) is 6.92 Å². The Morgan fingerprint density at radius 3 is 2.39 bits per heavy atom. The maximum atomic E-state index is 12.8. The molecule has 0 spiro atoms. The Labute approximate surface area is 110 Å². The fourth-order valence-corrected chi connectivity index (χ4v) is 6.20. The van der Waals surface area contributed by atoms with E-state index in [0.29, 0.717) is 18.9 Å². The van der Waals surface area contributed by atoms with Crippen LogP contribution in [-0.2, 0) is 14.6 Å². The van der Waals surface area contributed by atoms with E-state index in [4.69, 9.17) is 4.74 Å². The molecule has 0 aromatic carbocycles. The van der Waals surface area contributed by atoms with Gasteiger partial charge in [-0.25, -0.2) is 8.42 Å². The van der Waals surface area contributed by atoms with Gasteiger partial charge >= 0.3 is 0 Å². The normalized spacial score (nSPS) is 42.1. The molecule has 1 heterocycles. The lowest BCUT2D eigenvalue weighted by Crippen LogP contribution is -2.50. The van der Waals surface area contributed by atoms with Crippen LogP contribution < -0.4 is 5.32 Å². The van der Waals surface area contributed by atoms with Crippen LogP contribution in [0, 0.1) is 5.92 Å². The summed E-state index contributed by atoms with van der Waals surface area (Å²) in [6.45, 7) is 4.62. The van der Waals surface area contributed by atoms with Crippen LogP contribution in [0.15, 0.2) is 0 Å². The van der Waals surface area contributed by atoms with Gasteiger partial charge in [-0.3, -0.25) is 0 Å². The van der Waals surface area contributed by atoms with Gasteiger partial charge < -0.3 is 10.1 Å². The Balaban J connectivity index is 2.21. The lowest BCUT2D eigenvalue weighted by atomic mass is 9.87. The van der Waals surface area contributed by atoms with Crippen molar-refractivity contribution in [1.82, 2.24) is 5.32 Å². The summed E-state index contributed by atoms with van der Waals surface area (Å²) in [5, 5.41) is 2.66. The van der Waals surface area contributed by atoms with Crippen molar-refractivity contribution >= 4 is 9.84 Å². The second-order valence-electron chi connectivity index (χ2n) is 5.84. The van der Waals surface area contributed by atoms with E-state index in [-0.39, 0.29) is 22.6 Å². The molecule has 2 fully saturated rings. The number of rotatable bonds is 3. The first-order valence-corrected chi connectivity index (χ1v) is 8.59. The lowest BCUT2D eigenvalue weighted by molar-refractivity contribution is 0.126. The van der Waals surface area contributed by atoms with E-state index in [0.717, 1.165) is 19.3 Å². The van der Waals surface area contributed by atoms with Gasteiger partial charge in [-0.05, 0) is 45.6 Å². The topological polar surface area (TPSA) is 55.4 Å². The minimum atomic E-state index is -3.09. The summed E-state index contributed by atoms with van der Waals surface area (Å²) >= 11 is 0. The van der Waals surface area contributed by atoms with Crippen LogP contribution >= 0.6 is 0 Å². The molecule has 1 saturated carbocycles. The van der Waals surface area contributed by atoms with Gasteiger partial charge in [0, 0.05) is 12.6 Å². The fraction of sp³-hybridized carbons (Fsp3) is 1.00.